The molecule has 1 heterocycles. The maximum Gasteiger partial charge on any atom is 0.573 e. The molecule has 1 saturated heterocycles. The molecule has 1 N–H and O–H groups in total. The van der Waals surface area contributed by atoms with Crippen LogP contribution >= 0.6 is 0 Å². The van der Waals surface area contributed by atoms with E-state index in [9.17, 15) is 13.2 Å². The van der Waals surface area contributed by atoms with Crippen LogP contribution in [0.25, 0.3) is 0 Å². The van der Waals surface area contributed by atoms with Gasteiger partial charge in [-0.1, -0.05) is 0 Å². The lowest BCUT2D eigenvalue weighted by molar-refractivity contribution is -0.274. The zero-order valence-electron chi connectivity index (χ0n) is 8.92. The fourth-order valence-electron chi connectivity index (χ4n) is 1.79. The number of hydrogen-bond donors (Lipinski definition) is 1. The first-order valence-electron chi connectivity index (χ1n) is 5.16. The molecular weight excluding hydrogens is 233 g/mol. The lowest BCUT2D eigenvalue weighted by Gasteiger charge is -2.18. The number of rotatable bonds is 2. The molecule has 17 heavy (non-hydrogen) atoms. The standard InChI is InChI=1S/C11H11F3N2O/c12-11(13,14)17-9-5-3-8(4-6-9)16-7-1-2-10(16)15/h3-6,15H,1-2,7H2. The number of hydrogen-bond acceptors (Lipinski definition) is 2. The second kappa shape index (κ2) is 4.27. The summed E-state index contributed by atoms with van der Waals surface area (Å²) < 4.78 is 39.6. The Balaban J connectivity index is 2.10. The van der Waals surface area contributed by atoms with Crippen molar-refractivity contribution in [1.82, 2.24) is 0 Å². The highest BCUT2D eigenvalue weighted by atomic mass is 19.4. The Morgan fingerprint density at radius 2 is 1.82 bits per heavy atom. The van der Waals surface area contributed by atoms with Crippen LogP contribution in [0.15, 0.2) is 24.3 Å². The lowest BCUT2D eigenvalue weighted by atomic mass is 10.3. The molecule has 92 valence electrons. The highest BCUT2D eigenvalue weighted by molar-refractivity contribution is 5.97. The number of anilines is 1. The predicted octanol–water partition coefficient (Wildman–Crippen LogP) is 3.16. The fourth-order valence-corrected chi connectivity index (χ4v) is 1.79. The number of nitrogens with zero attached hydrogens (tertiary/aromatic N) is 1. The number of nitrogens with one attached hydrogen (secondary N) is 1. The van der Waals surface area contributed by atoms with Crippen LogP contribution < -0.4 is 9.64 Å². The van der Waals surface area contributed by atoms with Crippen LogP contribution in [0.4, 0.5) is 18.9 Å². The van der Waals surface area contributed by atoms with Gasteiger partial charge >= 0.3 is 6.36 Å². The van der Waals surface area contributed by atoms with Crippen LogP contribution in [0.2, 0.25) is 0 Å². The van der Waals surface area contributed by atoms with E-state index in [2.05, 4.69) is 4.74 Å². The van der Waals surface area contributed by atoms with Crippen molar-refractivity contribution in [2.75, 3.05) is 11.4 Å². The van der Waals surface area contributed by atoms with E-state index in [1.165, 1.54) is 24.3 Å². The molecule has 0 aromatic heterocycles. The van der Waals surface area contributed by atoms with Gasteiger partial charge in [-0.05, 0) is 30.7 Å². The van der Waals surface area contributed by atoms with Gasteiger partial charge in [-0.25, -0.2) is 0 Å². The Morgan fingerprint density at radius 3 is 2.29 bits per heavy atom. The summed E-state index contributed by atoms with van der Waals surface area (Å²) in [5.74, 6) is 0.251. The van der Waals surface area contributed by atoms with Crippen LogP contribution in [0.1, 0.15) is 12.8 Å². The number of ether oxygens (including phenoxy) is 1. The first-order valence-corrected chi connectivity index (χ1v) is 5.16. The first-order chi connectivity index (χ1) is 7.96. The van der Waals surface area contributed by atoms with Gasteiger partial charge in [0.1, 0.15) is 11.6 Å². The predicted molar refractivity (Wildman–Crippen MR) is 57.4 cm³/mol. The summed E-state index contributed by atoms with van der Waals surface area (Å²) in [6, 6.07) is 5.57. The van der Waals surface area contributed by atoms with Crippen molar-refractivity contribution in [3.8, 4) is 5.75 Å². The summed E-state index contributed by atoms with van der Waals surface area (Å²) in [5, 5.41) is 7.66. The maximum atomic E-state index is 11.9. The SMILES string of the molecule is N=C1CCCN1c1ccc(OC(F)(F)F)cc1. The Bertz CT molecular complexity index is 414. The highest BCUT2D eigenvalue weighted by Crippen LogP contribution is 2.27. The molecule has 0 amide bonds. The Labute approximate surface area is 96.3 Å². The summed E-state index contributed by atoms with van der Waals surface area (Å²) in [5.41, 5.74) is 0.724. The van der Waals surface area contributed by atoms with Crippen molar-refractivity contribution in [3.05, 3.63) is 24.3 Å². The lowest BCUT2D eigenvalue weighted by Crippen LogP contribution is -2.23. The minimum atomic E-state index is -4.66. The van der Waals surface area contributed by atoms with Crippen LogP contribution in [-0.4, -0.2) is 18.7 Å². The van der Waals surface area contributed by atoms with E-state index < -0.39 is 6.36 Å². The summed E-state index contributed by atoms with van der Waals surface area (Å²) >= 11 is 0. The molecule has 1 aromatic carbocycles. The first kappa shape index (κ1) is 11.8. The monoisotopic (exact) mass is 244 g/mol. The van der Waals surface area contributed by atoms with E-state index in [0.717, 1.165) is 18.7 Å². The zero-order valence-corrected chi connectivity index (χ0v) is 8.92. The van der Waals surface area contributed by atoms with E-state index in [-0.39, 0.29) is 5.75 Å². The van der Waals surface area contributed by atoms with Crippen LogP contribution in [0.3, 0.4) is 0 Å². The largest absolute Gasteiger partial charge is 0.573 e. The van der Waals surface area contributed by atoms with Gasteiger partial charge in [-0.2, -0.15) is 0 Å². The van der Waals surface area contributed by atoms with Crippen molar-refractivity contribution in [2.24, 2.45) is 0 Å². The van der Waals surface area contributed by atoms with Crippen LogP contribution in [-0.2, 0) is 0 Å². The van der Waals surface area contributed by atoms with E-state index in [1.807, 2.05) is 0 Å². The van der Waals surface area contributed by atoms with Crippen LogP contribution in [0.5, 0.6) is 5.75 Å². The van der Waals surface area contributed by atoms with Crippen molar-refractivity contribution >= 4 is 11.5 Å². The molecule has 1 fully saturated rings. The Morgan fingerprint density at radius 1 is 1.18 bits per heavy atom. The molecule has 0 atom stereocenters. The third kappa shape index (κ3) is 2.89. The average Bonchev–Trinajstić information content (AvgIpc) is 2.63. The molecule has 1 aromatic rings. The molecule has 1 aliphatic rings. The number of amidine groups is 1. The minimum Gasteiger partial charge on any atom is -0.406 e. The molecule has 0 aliphatic carbocycles. The maximum absolute atomic E-state index is 11.9. The summed E-state index contributed by atoms with van der Waals surface area (Å²) in [7, 11) is 0. The molecule has 3 nitrogen and oxygen atoms in total. The summed E-state index contributed by atoms with van der Waals surface area (Å²) in [4.78, 5) is 1.78. The molecule has 0 radical (unpaired) electrons. The molecule has 0 saturated carbocycles. The molecule has 0 bridgehead atoms. The van der Waals surface area contributed by atoms with Crippen molar-refractivity contribution in [3.63, 3.8) is 0 Å². The summed E-state index contributed by atoms with van der Waals surface area (Å²) in [6.45, 7) is 0.734. The van der Waals surface area contributed by atoms with Gasteiger partial charge in [0, 0.05) is 18.7 Å². The van der Waals surface area contributed by atoms with Gasteiger partial charge in [0.15, 0.2) is 0 Å². The fraction of sp³-hybridized carbons (Fsp3) is 0.364. The second-order valence-electron chi connectivity index (χ2n) is 3.74. The number of halogens is 3. The minimum absolute atomic E-state index is 0.244. The topological polar surface area (TPSA) is 36.3 Å². The second-order valence-corrected chi connectivity index (χ2v) is 3.74. The van der Waals surface area contributed by atoms with Gasteiger partial charge in [-0.15, -0.1) is 13.2 Å². The average molecular weight is 244 g/mol. The van der Waals surface area contributed by atoms with Gasteiger partial charge in [0.25, 0.3) is 0 Å². The van der Waals surface area contributed by atoms with E-state index in [0.29, 0.717) is 12.3 Å². The third-order valence-corrected chi connectivity index (χ3v) is 2.50. The highest BCUT2D eigenvalue weighted by Gasteiger charge is 2.31. The van der Waals surface area contributed by atoms with E-state index in [1.54, 1.807) is 4.90 Å². The normalized spacial score (nSPS) is 16.4. The van der Waals surface area contributed by atoms with Crippen molar-refractivity contribution in [2.45, 2.75) is 19.2 Å². The Kier molecular flexibility index (Phi) is 2.95. The number of benzene rings is 1. The van der Waals surface area contributed by atoms with Gasteiger partial charge in [-0.3, -0.25) is 5.41 Å². The smallest absolute Gasteiger partial charge is 0.406 e. The third-order valence-electron chi connectivity index (χ3n) is 2.50. The molecular formula is C11H11F3N2O. The van der Waals surface area contributed by atoms with Crippen molar-refractivity contribution in [1.29, 1.82) is 5.41 Å². The molecule has 0 unspecified atom stereocenters. The van der Waals surface area contributed by atoms with Gasteiger partial charge < -0.3 is 9.64 Å². The van der Waals surface area contributed by atoms with E-state index >= 15 is 0 Å². The van der Waals surface area contributed by atoms with E-state index in [4.69, 9.17) is 5.41 Å². The Hall–Kier alpha value is -1.72. The van der Waals surface area contributed by atoms with Crippen LogP contribution in [0, 0.1) is 5.41 Å². The molecule has 0 spiro atoms. The molecule has 6 heteroatoms. The molecule has 2 rings (SSSR count). The van der Waals surface area contributed by atoms with Gasteiger partial charge in [0.2, 0.25) is 0 Å². The van der Waals surface area contributed by atoms with Crippen molar-refractivity contribution < 1.29 is 17.9 Å². The summed E-state index contributed by atoms with van der Waals surface area (Å²) in [6.07, 6.45) is -3.05. The van der Waals surface area contributed by atoms with Gasteiger partial charge in [0.05, 0.1) is 0 Å². The zero-order chi connectivity index (χ0) is 12.5. The molecule has 1 aliphatic heterocycles. The number of alkyl halides is 3. The quantitative estimate of drug-likeness (QED) is 0.867.